The van der Waals surface area contributed by atoms with Crippen LogP contribution in [0.15, 0.2) is 30.3 Å². The fourth-order valence-electron chi connectivity index (χ4n) is 2.96. The number of carboxylic acid groups (broad SMARTS) is 1. The van der Waals surface area contributed by atoms with E-state index in [2.05, 4.69) is 0 Å². The Hall–Kier alpha value is -1.36. The molecule has 5 heteroatoms. The highest BCUT2D eigenvalue weighted by Crippen LogP contribution is 2.26. The van der Waals surface area contributed by atoms with Crippen LogP contribution in [0.1, 0.15) is 37.7 Å². The molecule has 1 aromatic carbocycles. The van der Waals surface area contributed by atoms with Gasteiger partial charge in [0.15, 0.2) is 9.84 Å². The van der Waals surface area contributed by atoms with E-state index in [4.69, 9.17) is 0 Å². The smallest absolute Gasteiger partial charge is 0.307 e. The molecule has 0 heterocycles. The zero-order valence-corrected chi connectivity index (χ0v) is 12.9. The van der Waals surface area contributed by atoms with Gasteiger partial charge in [0.1, 0.15) is 0 Å². The molecule has 1 fully saturated rings. The van der Waals surface area contributed by atoms with Crippen molar-refractivity contribution in [2.24, 2.45) is 5.92 Å². The van der Waals surface area contributed by atoms with Gasteiger partial charge in [-0.15, -0.1) is 0 Å². The summed E-state index contributed by atoms with van der Waals surface area (Å²) in [6.07, 6.45) is 4.57. The molecule has 0 saturated heterocycles. The molecule has 116 valence electrons. The van der Waals surface area contributed by atoms with Crippen LogP contribution in [0.4, 0.5) is 0 Å². The van der Waals surface area contributed by atoms with E-state index in [1.54, 1.807) is 0 Å². The van der Waals surface area contributed by atoms with Gasteiger partial charge in [-0.1, -0.05) is 49.6 Å². The Morgan fingerprint density at radius 3 is 2.33 bits per heavy atom. The summed E-state index contributed by atoms with van der Waals surface area (Å²) in [4.78, 5) is 11.4. The van der Waals surface area contributed by atoms with Gasteiger partial charge in [-0.3, -0.25) is 4.79 Å². The summed E-state index contributed by atoms with van der Waals surface area (Å²) in [6, 6.07) is 9.21. The molecule has 0 amide bonds. The molecule has 0 aliphatic heterocycles. The maximum Gasteiger partial charge on any atom is 0.307 e. The molecule has 0 spiro atoms. The van der Waals surface area contributed by atoms with Crippen LogP contribution < -0.4 is 0 Å². The third kappa shape index (κ3) is 4.56. The largest absolute Gasteiger partial charge is 0.481 e. The van der Waals surface area contributed by atoms with Crippen molar-refractivity contribution in [1.29, 1.82) is 0 Å². The van der Waals surface area contributed by atoms with E-state index in [0.717, 1.165) is 24.8 Å². The van der Waals surface area contributed by atoms with E-state index in [-0.39, 0.29) is 17.4 Å². The van der Waals surface area contributed by atoms with Gasteiger partial charge in [0, 0.05) is 0 Å². The number of rotatable bonds is 6. The minimum Gasteiger partial charge on any atom is -0.481 e. The average molecular weight is 310 g/mol. The Morgan fingerprint density at radius 1 is 1.14 bits per heavy atom. The van der Waals surface area contributed by atoms with Crippen molar-refractivity contribution in [3.8, 4) is 0 Å². The first-order chi connectivity index (χ1) is 9.99. The molecule has 0 aromatic heterocycles. The number of aliphatic carboxylic acids is 1. The molecule has 1 aromatic rings. The Bertz CT molecular complexity index is 559. The number of hydrogen-bond donors (Lipinski definition) is 1. The van der Waals surface area contributed by atoms with Gasteiger partial charge in [0.2, 0.25) is 0 Å². The molecule has 1 aliphatic rings. The molecular formula is C16H22O4S. The first kappa shape index (κ1) is 16.0. The highest BCUT2D eigenvalue weighted by atomic mass is 32.2. The summed E-state index contributed by atoms with van der Waals surface area (Å²) < 4.78 is 24.9. The molecule has 1 N–H and O–H groups in total. The minimum atomic E-state index is -3.33. The van der Waals surface area contributed by atoms with Crippen molar-refractivity contribution in [3.05, 3.63) is 35.9 Å². The third-order valence-electron chi connectivity index (χ3n) is 4.17. The SMILES string of the molecule is O=C(O)C(Cc1ccccc1)CS(=O)(=O)C1CCCCC1. The van der Waals surface area contributed by atoms with Crippen LogP contribution in [0.3, 0.4) is 0 Å². The first-order valence-corrected chi connectivity index (χ1v) is 9.19. The number of hydrogen-bond acceptors (Lipinski definition) is 3. The molecule has 0 radical (unpaired) electrons. The average Bonchev–Trinajstić information content (AvgIpc) is 2.48. The van der Waals surface area contributed by atoms with E-state index in [9.17, 15) is 18.3 Å². The molecule has 1 saturated carbocycles. The Labute approximate surface area is 126 Å². The maximum absolute atomic E-state index is 12.4. The predicted molar refractivity (Wildman–Crippen MR) is 81.9 cm³/mol. The summed E-state index contributed by atoms with van der Waals surface area (Å²) in [6.45, 7) is 0. The van der Waals surface area contributed by atoms with E-state index in [1.807, 2.05) is 30.3 Å². The van der Waals surface area contributed by atoms with Crippen LogP contribution in [-0.4, -0.2) is 30.5 Å². The lowest BCUT2D eigenvalue weighted by atomic mass is 10.0. The summed E-state index contributed by atoms with van der Waals surface area (Å²) in [5.74, 6) is -2.14. The lowest BCUT2D eigenvalue weighted by molar-refractivity contribution is -0.140. The van der Waals surface area contributed by atoms with Gasteiger partial charge >= 0.3 is 5.97 Å². The standard InChI is InChI=1S/C16H22O4S/c17-16(18)14(11-13-7-3-1-4-8-13)12-21(19,20)15-9-5-2-6-10-15/h1,3-4,7-8,14-15H,2,5-6,9-12H2,(H,17,18). The summed E-state index contributed by atoms with van der Waals surface area (Å²) >= 11 is 0. The second-order valence-corrected chi connectivity index (χ2v) is 8.14. The molecule has 0 bridgehead atoms. The van der Waals surface area contributed by atoms with Crippen LogP contribution in [-0.2, 0) is 21.1 Å². The van der Waals surface area contributed by atoms with Gasteiger partial charge in [-0.25, -0.2) is 8.42 Å². The molecule has 21 heavy (non-hydrogen) atoms. The van der Waals surface area contributed by atoms with Crippen LogP contribution in [0.2, 0.25) is 0 Å². The molecule has 1 atom stereocenters. The van der Waals surface area contributed by atoms with Crippen LogP contribution in [0, 0.1) is 5.92 Å². The predicted octanol–water partition coefficient (Wildman–Crippen LogP) is 2.68. The van der Waals surface area contributed by atoms with Crippen LogP contribution in [0.25, 0.3) is 0 Å². The normalized spacial score (nSPS) is 18.3. The maximum atomic E-state index is 12.4. The van der Waals surface area contributed by atoms with E-state index in [0.29, 0.717) is 12.8 Å². The molecular weight excluding hydrogens is 288 g/mol. The number of sulfone groups is 1. The molecule has 2 rings (SSSR count). The Kier molecular flexibility index (Phi) is 5.39. The zero-order chi connectivity index (χ0) is 15.3. The van der Waals surface area contributed by atoms with Crippen molar-refractivity contribution in [2.45, 2.75) is 43.8 Å². The van der Waals surface area contributed by atoms with Gasteiger partial charge in [-0.2, -0.15) is 0 Å². The summed E-state index contributed by atoms with van der Waals surface area (Å²) in [5, 5.41) is 8.99. The zero-order valence-electron chi connectivity index (χ0n) is 12.1. The van der Waals surface area contributed by atoms with Gasteiger partial charge in [-0.05, 0) is 24.8 Å². The van der Waals surface area contributed by atoms with Crippen molar-refractivity contribution >= 4 is 15.8 Å². The van der Waals surface area contributed by atoms with Gasteiger partial charge < -0.3 is 5.11 Å². The lowest BCUT2D eigenvalue weighted by Gasteiger charge is -2.23. The molecule has 1 aliphatic carbocycles. The minimum absolute atomic E-state index is 0.248. The second kappa shape index (κ2) is 7.07. The van der Waals surface area contributed by atoms with E-state index < -0.39 is 21.7 Å². The molecule has 4 nitrogen and oxygen atoms in total. The number of carbonyl (C=O) groups is 1. The number of carboxylic acids is 1. The van der Waals surface area contributed by atoms with Crippen LogP contribution in [0.5, 0.6) is 0 Å². The van der Waals surface area contributed by atoms with Crippen molar-refractivity contribution < 1.29 is 18.3 Å². The van der Waals surface area contributed by atoms with Crippen molar-refractivity contribution in [1.82, 2.24) is 0 Å². The fraction of sp³-hybridized carbons (Fsp3) is 0.562. The Morgan fingerprint density at radius 2 is 1.76 bits per heavy atom. The van der Waals surface area contributed by atoms with Gasteiger partial charge in [0.25, 0.3) is 0 Å². The first-order valence-electron chi connectivity index (χ1n) is 7.47. The van der Waals surface area contributed by atoms with Crippen LogP contribution >= 0.6 is 0 Å². The fourth-order valence-corrected chi connectivity index (χ4v) is 5.10. The quantitative estimate of drug-likeness (QED) is 0.877. The van der Waals surface area contributed by atoms with Crippen molar-refractivity contribution in [3.63, 3.8) is 0 Å². The lowest BCUT2D eigenvalue weighted by Crippen LogP contribution is -2.33. The monoisotopic (exact) mass is 310 g/mol. The Balaban J connectivity index is 2.07. The van der Waals surface area contributed by atoms with E-state index in [1.165, 1.54) is 0 Å². The van der Waals surface area contributed by atoms with E-state index >= 15 is 0 Å². The highest BCUT2D eigenvalue weighted by Gasteiger charge is 2.32. The van der Waals surface area contributed by atoms with Crippen molar-refractivity contribution in [2.75, 3.05) is 5.75 Å². The number of benzene rings is 1. The topological polar surface area (TPSA) is 71.4 Å². The molecule has 1 unspecified atom stereocenters. The summed E-state index contributed by atoms with van der Waals surface area (Å²) in [7, 11) is -3.33. The summed E-state index contributed by atoms with van der Waals surface area (Å²) in [5.41, 5.74) is 0.865. The highest BCUT2D eigenvalue weighted by molar-refractivity contribution is 7.92. The second-order valence-electron chi connectivity index (χ2n) is 5.81. The van der Waals surface area contributed by atoms with Gasteiger partial charge in [0.05, 0.1) is 16.9 Å². The third-order valence-corrected chi connectivity index (χ3v) is 6.52.